The number of hydrogen-bond donors (Lipinski definition) is 1. The molecule has 0 saturated heterocycles. The summed E-state index contributed by atoms with van der Waals surface area (Å²) in [5.41, 5.74) is 1.71. The van der Waals surface area contributed by atoms with Crippen molar-refractivity contribution in [2.24, 2.45) is 0 Å². The van der Waals surface area contributed by atoms with E-state index in [0.717, 1.165) is 22.0 Å². The molecule has 1 aromatic carbocycles. The maximum absolute atomic E-state index is 12.5. The molecule has 0 bridgehead atoms. The third-order valence-corrected chi connectivity index (χ3v) is 6.15. The molecule has 0 aliphatic rings. The highest BCUT2D eigenvalue weighted by atomic mass is 79.9. The number of Topliss-reactive ketones (excluding diaryl/α,β-unsaturated/α-hetero) is 1. The molecule has 0 fully saturated rings. The zero-order chi connectivity index (χ0) is 16.8. The minimum absolute atomic E-state index is 0.294. The van der Waals surface area contributed by atoms with Crippen molar-refractivity contribution in [3.63, 3.8) is 0 Å². The first-order valence-electron chi connectivity index (χ1n) is 6.52. The summed E-state index contributed by atoms with van der Waals surface area (Å²) in [6, 6.07) is 7.32. The number of fused-ring (bicyclic) bond motifs is 1. The summed E-state index contributed by atoms with van der Waals surface area (Å²) in [5, 5.41) is 3.22. The van der Waals surface area contributed by atoms with E-state index in [1.54, 1.807) is 12.1 Å². The number of carbonyl (C=O) groups is 1. The van der Waals surface area contributed by atoms with E-state index < -0.39 is 21.4 Å². The number of ketones is 1. The Balaban J connectivity index is 2.28. The Bertz CT molecular complexity index is 1010. The maximum atomic E-state index is 12.5. The lowest BCUT2D eigenvalue weighted by molar-refractivity contribution is 0.101. The van der Waals surface area contributed by atoms with Crippen LogP contribution in [0.5, 0.6) is 0 Å². The van der Waals surface area contributed by atoms with Crippen LogP contribution >= 0.6 is 38.9 Å². The van der Waals surface area contributed by atoms with E-state index in [4.69, 9.17) is 11.6 Å². The molecule has 0 aliphatic carbocycles. The van der Waals surface area contributed by atoms with Crippen molar-refractivity contribution >= 4 is 65.4 Å². The molecule has 0 radical (unpaired) electrons. The van der Waals surface area contributed by atoms with Gasteiger partial charge in [-0.1, -0.05) is 17.7 Å². The van der Waals surface area contributed by atoms with Crippen molar-refractivity contribution in [3.8, 4) is 10.4 Å². The van der Waals surface area contributed by atoms with Gasteiger partial charge in [0.15, 0.2) is 15.6 Å². The van der Waals surface area contributed by atoms with E-state index >= 15 is 0 Å². The molecule has 23 heavy (non-hydrogen) atoms. The third-order valence-electron chi connectivity index (χ3n) is 3.28. The highest BCUT2D eigenvalue weighted by Gasteiger charge is 2.23. The van der Waals surface area contributed by atoms with Crippen LogP contribution in [0.2, 0.25) is 5.02 Å². The van der Waals surface area contributed by atoms with Gasteiger partial charge in [-0.05, 0) is 39.5 Å². The molecule has 8 heteroatoms. The Morgan fingerprint density at radius 3 is 2.74 bits per heavy atom. The zero-order valence-corrected chi connectivity index (χ0v) is 15.9. The van der Waals surface area contributed by atoms with Crippen molar-refractivity contribution < 1.29 is 13.2 Å². The molecule has 0 saturated carbocycles. The van der Waals surface area contributed by atoms with Gasteiger partial charge in [0, 0.05) is 32.1 Å². The minimum atomic E-state index is -3.41. The lowest BCUT2D eigenvalue weighted by Gasteiger charge is -2.02. The van der Waals surface area contributed by atoms with Crippen LogP contribution in [-0.4, -0.2) is 31.2 Å². The lowest BCUT2D eigenvalue weighted by atomic mass is 10.1. The molecular weight excluding hydrogens is 422 g/mol. The Labute approximate surface area is 150 Å². The van der Waals surface area contributed by atoms with Crippen molar-refractivity contribution in [2.45, 2.75) is 0 Å². The van der Waals surface area contributed by atoms with Gasteiger partial charge >= 0.3 is 0 Å². The summed E-state index contributed by atoms with van der Waals surface area (Å²) in [5.74, 6) is -0.994. The molecule has 0 unspecified atom stereocenters. The molecule has 1 N–H and O–H groups in total. The van der Waals surface area contributed by atoms with E-state index in [0.29, 0.717) is 20.8 Å². The highest BCUT2D eigenvalue weighted by Crippen LogP contribution is 2.38. The molecule has 0 spiro atoms. The third kappa shape index (κ3) is 3.38. The fraction of sp³-hybridized carbons (Fsp3) is 0.133. The number of aromatic nitrogens is 1. The molecule has 4 nitrogen and oxygen atoms in total. The van der Waals surface area contributed by atoms with Gasteiger partial charge in [-0.2, -0.15) is 0 Å². The average Bonchev–Trinajstić information content (AvgIpc) is 3.04. The number of H-pyrrole nitrogens is 1. The topological polar surface area (TPSA) is 67.0 Å². The van der Waals surface area contributed by atoms with Gasteiger partial charge in [0.05, 0.1) is 10.7 Å². The maximum Gasteiger partial charge on any atom is 0.194 e. The van der Waals surface area contributed by atoms with Crippen LogP contribution in [0, 0.1) is 0 Å². The fourth-order valence-corrected chi connectivity index (χ4v) is 4.30. The number of aromatic amines is 1. The quantitative estimate of drug-likeness (QED) is 0.615. The number of sulfone groups is 1. The van der Waals surface area contributed by atoms with E-state index in [1.807, 2.05) is 17.5 Å². The summed E-state index contributed by atoms with van der Waals surface area (Å²) >= 11 is 11.0. The first-order valence-corrected chi connectivity index (χ1v) is 10.6. The Kier molecular flexibility index (Phi) is 4.39. The first-order chi connectivity index (χ1) is 10.8. The van der Waals surface area contributed by atoms with Gasteiger partial charge in [-0.15, -0.1) is 11.3 Å². The van der Waals surface area contributed by atoms with Crippen molar-refractivity contribution in [2.75, 3.05) is 12.0 Å². The van der Waals surface area contributed by atoms with Gasteiger partial charge < -0.3 is 4.98 Å². The van der Waals surface area contributed by atoms with Gasteiger partial charge in [0.1, 0.15) is 5.75 Å². The molecule has 2 heterocycles. The van der Waals surface area contributed by atoms with E-state index in [-0.39, 0.29) is 0 Å². The Morgan fingerprint density at radius 2 is 2.13 bits per heavy atom. The smallest absolute Gasteiger partial charge is 0.194 e. The second-order valence-electron chi connectivity index (χ2n) is 5.16. The van der Waals surface area contributed by atoms with Crippen molar-refractivity contribution in [1.82, 2.24) is 4.98 Å². The van der Waals surface area contributed by atoms with Crippen LogP contribution in [0.4, 0.5) is 0 Å². The predicted molar refractivity (Wildman–Crippen MR) is 98.4 cm³/mol. The van der Waals surface area contributed by atoms with Gasteiger partial charge in [0.2, 0.25) is 0 Å². The molecule has 120 valence electrons. The van der Waals surface area contributed by atoms with Crippen LogP contribution in [0.3, 0.4) is 0 Å². The van der Waals surface area contributed by atoms with Gasteiger partial charge in [-0.3, -0.25) is 4.79 Å². The van der Waals surface area contributed by atoms with Crippen LogP contribution in [0.1, 0.15) is 10.5 Å². The summed E-state index contributed by atoms with van der Waals surface area (Å²) < 4.78 is 23.7. The average molecular weight is 433 g/mol. The SMILES string of the molecule is CS(=O)(=O)CC(=O)c1[nH]c2cc(Br)c(Cl)cc2c1-c1cccs1. The zero-order valence-electron chi connectivity index (χ0n) is 11.9. The molecule has 0 atom stereocenters. The Hall–Kier alpha value is -1.15. The Morgan fingerprint density at radius 1 is 1.39 bits per heavy atom. The van der Waals surface area contributed by atoms with E-state index in [9.17, 15) is 13.2 Å². The van der Waals surface area contributed by atoms with Crippen LogP contribution in [0.15, 0.2) is 34.1 Å². The van der Waals surface area contributed by atoms with Gasteiger partial charge in [-0.25, -0.2) is 8.42 Å². The molecule has 3 rings (SSSR count). The normalized spacial score (nSPS) is 12.0. The second-order valence-corrected chi connectivity index (χ2v) is 9.51. The molecule has 3 aromatic rings. The number of rotatable bonds is 4. The number of hydrogen-bond acceptors (Lipinski definition) is 4. The fourth-order valence-electron chi connectivity index (χ4n) is 2.39. The number of carbonyl (C=O) groups excluding carboxylic acids is 1. The van der Waals surface area contributed by atoms with Crippen LogP contribution in [-0.2, 0) is 9.84 Å². The predicted octanol–water partition coefficient (Wildman–Crippen LogP) is 4.54. The number of halogens is 2. The largest absolute Gasteiger partial charge is 0.351 e. The molecule has 0 aliphatic heterocycles. The molecule has 2 aromatic heterocycles. The summed E-state index contributed by atoms with van der Waals surface area (Å²) in [4.78, 5) is 16.4. The summed E-state index contributed by atoms with van der Waals surface area (Å²) in [7, 11) is -3.41. The first kappa shape index (κ1) is 16.7. The number of thiophene rings is 1. The molecule has 0 amide bonds. The standard InChI is InChI=1S/C15H11BrClNO3S2/c1-23(20,21)7-12(19)15-14(13-3-2-4-22-13)8-5-10(17)9(16)6-11(8)18-15/h2-6,18H,7H2,1H3. The molecular formula is C15H11BrClNO3S2. The number of benzene rings is 1. The van der Waals surface area contributed by atoms with E-state index in [2.05, 4.69) is 20.9 Å². The number of nitrogens with one attached hydrogen (secondary N) is 1. The van der Waals surface area contributed by atoms with Crippen molar-refractivity contribution in [3.05, 3.63) is 44.8 Å². The van der Waals surface area contributed by atoms with Crippen LogP contribution < -0.4 is 0 Å². The highest BCUT2D eigenvalue weighted by molar-refractivity contribution is 9.10. The summed E-state index contributed by atoms with van der Waals surface area (Å²) in [6.45, 7) is 0. The van der Waals surface area contributed by atoms with E-state index in [1.165, 1.54) is 11.3 Å². The summed E-state index contributed by atoms with van der Waals surface area (Å²) in [6.07, 6.45) is 1.05. The van der Waals surface area contributed by atoms with Gasteiger partial charge in [0.25, 0.3) is 0 Å². The lowest BCUT2D eigenvalue weighted by Crippen LogP contribution is -2.15. The minimum Gasteiger partial charge on any atom is -0.351 e. The monoisotopic (exact) mass is 431 g/mol. The second kappa shape index (κ2) is 6.05. The van der Waals surface area contributed by atoms with Crippen molar-refractivity contribution in [1.29, 1.82) is 0 Å². The van der Waals surface area contributed by atoms with Crippen LogP contribution in [0.25, 0.3) is 21.3 Å².